The van der Waals surface area contributed by atoms with Gasteiger partial charge in [0, 0.05) is 23.6 Å². The summed E-state index contributed by atoms with van der Waals surface area (Å²) in [6, 6.07) is 20.7. The lowest BCUT2D eigenvalue weighted by Gasteiger charge is -2.10. The lowest BCUT2D eigenvalue weighted by Crippen LogP contribution is -1.99. The standard InChI is InChI=1S/C22H19N5S/c1-14-8-10-16(11-9-14)20-12-18(17-6-4-5-7-19(17)24-20)21-25-26-22(27(21)3)28-15(2)13-23/h4-12,15H,1-3H3/t15-/m0/s1. The molecule has 0 bridgehead atoms. The number of aromatic nitrogens is 4. The van der Waals surface area contributed by atoms with Gasteiger partial charge in [-0.2, -0.15) is 5.26 Å². The number of benzene rings is 2. The van der Waals surface area contributed by atoms with E-state index in [1.54, 1.807) is 0 Å². The van der Waals surface area contributed by atoms with Crippen molar-refractivity contribution in [3.05, 3.63) is 60.2 Å². The van der Waals surface area contributed by atoms with E-state index >= 15 is 0 Å². The summed E-state index contributed by atoms with van der Waals surface area (Å²) in [7, 11) is 1.93. The van der Waals surface area contributed by atoms with Crippen molar-refractivity contribution in [1.29, 1.82) is 5.26 Å². The Kier molecular flexibility index (Phi) is 4.84. The Morgan fingerprint density at radius 1 is 1.07 bits per heavy atom. The summed E-state index contributed by atoms with van der Waals surface area (Å²) in [5.74, 6) is 0.764. The van der Waals surface area contributed by atoms with Gasteiger partial charge >= 0.3 is 0 Å². The van der Waals surface area contributed by atoms with Crippen LogP contribution in [0.1, 0.15) is 12.5 Å². The summed E-state index contributed by atoms with van der Waals surface area (Å²) in [5.41, 5.74) is 5.07. The monoisotopic (exact) mass is 385 g/mol. The molecule has 0 radical (unpaired) electrons. The van der Waals surface area contributed by atoms with Crippen LogP contribution in [0.2, 0.25) is 0 Å². The molecule has 2 aromatic carbocycles. The molecule has 6 heteroatoms. The van der Waals surface area contributed by atoms with Gasteiger partial charge in [0.25, 0.3) is 0 Å². The number of fused-ring (bicyclic) bond motifs is 1. The van der Waals surface area contributed by atoms with Crippen LogP contribution in [-0.4, -0.2) is 25.0 Å². The summed E-state index contributed by atoms with van der Waals surface area (Å²) in [4.78, 5) is 4.85. The fourth-order valence-corrected chi connectivity index (χ4v) is 3.77. The van der Waals surface area contributed by atoms with Crippen molar-refractivity contribution < 1.29 is 0 Å². The number of para-hydroxylation sites is 1. The number of rotatable bonds is 4. The lowest BCUT2D eigenvalue weighted by molar-refractivity contribution is 0.793. The molecule has 0 amide bonds. The van der Waals surface area contributed by atoms with Gasteiger partial charge in [0.15, 0.2) is 11.0 Å². The van der Waals surface area contributed by atoms with Crippen LogP contribution < -0.4 is 0 Å². The number of thioether (sulfide) groups is 1. The van der Waals surface area contributed by atoms with Gasteiger partial charge in [-0.05, 0) is 26.0 Å². The van der Waals surface area contributed by atoms with Gasteiger partial charge in [0.1, 0.15) is 0 Å². The fourth-order valence-electron chi connectivity index (χ4n) is 3.07. The van der Waals surface area contributed by atoms with E-state index in [9.17, 15) is 0 Å². The third-order valence-electron chi connectivity index (χ3n) is 4.60. The maximum atomic E-state index is 9.10. The van der Waals surface area contributed by atoms with Gasteiger partial charge in [0.05, 0.1) is 22.5 Å². The number of pyridine rings is 1. The second kappa shape index (κ2) is 7.45. The third-order valence-corrected chi connectivity index (χ3v) is 5.63. The number of hydrogen-bond acceptors (Lipinski definition) is 5. The predicted octanol–water partition coefficient (Wildman–Crippen LogP) is 5.01. The van der Waals surface area contributed by atoms with Crippen LogP contribution >= 0.6 is 11.8 Å². The molecule has 2 heterocycles. The third kappa shape index (κ3) is 3.37. The summed E-state index contributed by atoms with van der Waals surface area (Å²) in [5, 5.41) is 19.4. The first-order chi connectivity index (χ1) is 13.6. The molecule has 4 rings (SSSR count). The smallest absolute Gasteiger partial charge is 0.192 e. The topological polar surface area (TPSA) is 67.4 Å². The van der Waals surface area contributed by atoms with Gasteiger partial charge < -0.3 is 4.57 Å². The average Bonchev–Trinajstić information content (AvgIpc) is 3.07. The number of hydrogen-bond donors (Lipinski definition) is 0. The minimum absolute atomic E-state index is 0.187. The number of nitriles is 1. The van der Waals surface area contributed by atoms with E-state index in [1.165, 1.54) is 17.3 Å². The first-order valence-electron chi connectivity index (χ1n) is 8.99. The molecule has 0 saturated heterocycles. The summed E-state index contributed by atoms with van der Waals surface area (Å²) in [6.45, 7) is 3.93. The highest BCUT2D eigenvalue weighted by molar-refractivity contribution is 8.00. The maximum Gasteiger partial charge on any atom is 0.192 e. The Labute approximate surface area is 168 Å². The molecule has 0 spiro atoms. The zero-order valence-corrected chi connectivity index (χ0v) is 16.7. The van der Waals surface area contributed by atoms with Gasteiger partial charge in [-0.3, -0.25) is 0 Å². The summed E-state index contributed by atoms with van der Waals surface area (Å²) >= 11 is 1.41. The molecule has 0 aliphatic rings. The van der Waals surface area contributed by atoms with Gasteiger partial charge in [-0.15, -0.1) is 10.2 Å². The van der Waals surface area contributed by atoms with Crippen LogP contribution in [0.5, 0.6) is 0 Å². The van der Waals surface area contributed by atoms with Crippen LogP contribution in [0.4, 0.5) is 0 Å². The molecule has 2 aromatic heterocycles. The normalized spacial score (nSPS) is 12.1. The largest absolute Gasteiger partial charge is 0.305 e. The molecule has 4 aromatic rings. The molecule has 0 aliphatic heterocycles. The van der Waals surface area contributed by atoms with E-state index in [0.29, 0.717) is 0 Å². The Bertz CT molecular complexity index is 1190. The second-order valence-corrected chi connectivity index (χ2v) is 8.00. The van der Waals surface area contributed by atoms with E-state index in [4.69, 9.17) is 10.2 Å². The van der Waals surface area contributed by atoms with Crippen LogP contribution in [0.15, 0.2) is 59.8 Å². The zero-order valence-electron chi connectivity index (χ0n) is 15.9. The molecule has 0 aliphatic carbocycles. The van der Waals surface area contributed by atoms with Crippen LogP contribution in [0, 0.1) is 18.3 Å². The summed E-state index contributed by atoms with van der Waals surface area (Å²) < 4.78 is 1.94. The Hall–Kier alpha value is -3.17. The lowest BCUT2D eigenvalue weighted by atomic mass is 10.0. The molecular formula is C22H19N5S. The number of aryl methyl sites for hydroxylation is 1. The molecule has 0 N–H and O–H groups in total. The quantitative estimate of drug-likeness (QED) is 0.462. The van der Waals surface area contributed by atoms with Gasteiger partial charge in [-0.25, -0.2) is 4.98 Å². The molecular weight excluding hydrogens is 366 g/mol. The Balaban J connectivity index is 1.89. The molecule has 5 nitrogen and oxygen atoms in total. The van der Waals surface area contributed by atoms with Gasteiger partial charge in [0.2, 0.25) is 0 Å². The van der Waals surface area contributed by atoms with Crippen molar-refractivity contribution in [3.63, 3.8) is 0 Å². The molecule has 28 heavy (non-hydrogen) atoms. The molecule has 138 valence electrons. The first kappa shape index (κ1) is 18.2. The van der Waals surface area contributed by atoms with Crippen molar-refractivity contribution in [2.24, 2.45) is 7.05 Å². The van der Waals surface area contributed by atoms with Crippen molar-refractivity contribution in [2.75, 3.05) is 0 Å². The van der Waals surface area contributed by atoms with Crippen LogP contribution in [0.3, 0.4) is 0 Å². The van der Waals surface area contributed by atoms with Crippen molar-refractivity contribution in [2.45, 2.75) is 24.3 Å². The molecule has 0 saturated carbocycles. The van der Waals surface area contributed by atoms with E-state index in [-0.39, 0.29) is 5.25 Å². The van der Waals surface area contributed by atoms with Gasteiger partial charge in [-0.1, -0.05) is 59.8 Å². The number of nitrogens with zero attached hydrogens (tertiary/aromatic N) is 5. The predicted molar refractivity (Wildman–Crippen MR) is 113 cm³/mol. The Morgan fingerprint density at radius 2 is 1.82 bits per heavy atom. The van der Waals surface area contributed by atoms with Crippen molar-refractivity contribution in [3.8, 4) is 28.7 Å². The maximum absolute atomic E-state index is 9.10. The second-order valence-electron chi connectivity index (χ2n) is 6.69. The van der Waals surface area contributed by atoms with Crippen LogP contribution in [0.25, 0.3) is 33.5 Å². The fraction of sp³-hybridized carbons (Fsp3) is 0.182. The summed E-state index contributed by atoms with van der Waals surface area (Å²) in [6.07, 6.45) is 0. The molecule has 0 unspecified atom stereocenters. The van der Waals surface area contributed by atoms with E-state index < -0.39 is 0 Å². The highest BCUT2D eigenvalue weighted by Crippen LogP contribution is 2.33. The van der Waals surface area contributed by atoms with Crippen molar-refractivity contribution >= 4 is 22.7 Å². The Morgan fingerprint density at radius 3 is 2.57 bits per heavy atom. The van der Waals surface area contributed by atoms with Crippen molar-refractivity contribution in [1.82, 2.24) is 19.7 Å². The average molecular weight is 385 g/mol. The van der Waals surface area contributed by atoms with E-state index in [0.717, 1.165) is 38.7 Å². The molecule has 1 atom stereocenters. The zero-order chi connectivity index (χ0) is 19.7. The highest BCUT2D eigenvalue weighted by atomic mass is 32.2. The SMILES string of the molecule is Cc1ccc(-c2cc(-c3nnc(S[C@@H](C)C#N)n3C)c3ccccc3n2)cc1. The molecule has 0 fully saturated rings. The minimum atomic E-state index is -0.187. The van der Waals surface area contributed by atoms with Crippen LogP contribution in [-0.2, 0) is 7.05 Å². The minimum Gasteiger partial charge on any atom is -0.305 e. The van der Waals surface area contributed by atoms with E-state index in [2.05, 4.69) is 59.6 Å². The van der Waals surface area contributed by atoms with E-state index in [1.807, 2.05) is 36.7 Å². The first-order valence-corrected chi connectivity index (χ1v) is 9.87. The highest BCUT2D eigenvalue weighted by Gasteiger charge is 2.17.